The maximum atomic E-state index is 12.3. The zero-order chi connectivity index (χ0) is 16.2. The Hall–Kier alpha value is -1.26. The van der Waals surface area contributed by atoms with Gasteiger partial charge in [0, 0.05) is 13.6 Å². The zero-order valence-corrected chi connectivity index (χ0v) is 15.3. The van der Waals surface area contributed by atoms with E-state index in [9.17, 15) is 4.79 Å². The van der Waals surface area contributed by atoms with Gasteiger partial charge in [-0.25, -0.2) is 0 Å². The number of ether oxygens (including phenoxy) is 1. The summed E-state index contributed by atoms with van der Waals surface area (Å²) in [5, 5.41) is 0. The quantitative estimate of drug-likeness (QED) is 0.873. The van der Waals surface area contributed by atoms with Crippen LogP contribution in [0.15, 0.2) is 12.1 Å². The van der Waals surface area contributed by atoms with Gasteiger partial charge in [-0.3, -0.25) is 4.79 Å². The lowest BCUT2D eigenvalue weighted by atomic mass is 10.0. The number of nitrogens with two attached hydrogens (primary N) is 1. The fourth-order valence-corrected chi connectivity index (χ4v) is 2.70. The molecule has 0 fully saturated rings. The van der Waals surface area contributed by atoms with Gasteiger partial charge in [0.05, 0.1) is 13.2 Å². The molecule has 1 amide bonds. The van der Waals surface area contributed by atoms with Gasteiger partial charge in [0.1, 0.15) is 5.75 Å². The molecule has 0 heterocycles. The molecular formula is C17H29ClN2O2. The van der Waals surface area contributed by atoms with Crippen LogP contribution in [-0.2, 0) is 11.3 Å². The molecule has 0 bridgehead atoms. The van der Waals surface area contributed by atoms with E-state index < -0.39 is 6.04 Å². The molecule has 1 aromatic rings. The second kappa shape index (κ2) is 9.01. The van der Waals surface area contributed by atoms with Crippen molar-refractivity contribution in [2.45, 2.75) is 46.7 Å². The minimum atomic E-state index is -0.421. The van der Waals surface area contributed by atoms with Gasteiger partial charge in [0.2, 0.25) is 5.91 Å². The Kier molecular flexibility index (Phi) is 8.49. The molecule has 0 spiro atoms. The van der Waals surface area contributed by atoms with E-state index in [-0.39, 0.29) is 18.3 Å². The number of halogens is 1. The first-order valence-corrected chi connectivity index (χ1v) is 7.41. The fraction of sp³-hybridized carbons (Fsp3) is 0.588. The van der Waals surface area contributed by atoms with Gasteiger partial charge in [0.15, 0.2) is 0 Å². The van der Waals surface area contributed by atoms with Gasteiger partial charge in [0.25, 0.3) is 0 Å². The number of methoxy groups -OCH3 is 1. The second-order valence-corrected chi connectivity index (χ2v) is 6.19. The van der Waals surface area contributed by atoms with Gasteiger partial charge < -0.3 is 15.4 Å². The monoisotopic (exact) mass is 328 g/mol. The highest BCUT2D eigenvalue weighted by molar-refractivity contribution is 5.85. The van der Waals surface area contributed by atoms with Crippen molar-refractivity contribution in [3.8, 4) is 5.75 Å². The van der Waals surface area contributed by atoms with E-state index in [1.165, 1.54) is 0 Å². The number of benzene rings is 1. The third kappa shape index (κ3) is 5.50. The predicted molar refractivity (Wildman–Crippen MR) is 93.6 cm³/mol. The van der Waals surface area contributed by atoms with E-state index in [2.05, 4.69) is 26.0 Å². The Bertz CT molecular complexity index is 480. The summed E-state index contributed by atoms with van der Waals surface area (Å²) in [5.41, 5.74) is 9.23. The molecule has 0 aromatic heterocycles. The minimum Gasteiger partial charge on any atom is -0.496 e. The molecular weight excluding hydrogens is 300 g/mol. The van der Waals surface area contributed by atoms with Crippen LogP contribution in [0.2, 0.25) is 0 Å². The largest absolute Gasteiger partial charge is 0.496 e. The van der Waals surface area contributed by atoms with Crippen LogP contribution in [0, 0.1) is 19.8 Å². The van der Waals surface area contributed by atoms with Crippen molar-refractivity contribution >= 4 is 18.3 Å². The molecule has 126 valence electrons. The van der Waals surface area contributed by atoms with Gasteiger partial charge in [-0.05, 0) is 42.9 Å². The molecule has 1 atom stereocenters. The Morgan fingerprint density at radius 1 is 1.27 bits per heavy atom. The van der Waals surface area contributed by atoms with E-state index >= 15 is 0 Å². The maximum absolute atomic E-state index is 12.3. The van der Waals surface area contributed by atoms with Crippen LogP contribution in [0.4, 0.5) is 0 Å². The van der Waals surface area contributed by atoms with Gasteiger partial charge in [-0.1, -0.05) is 26.0 Å². The first-order chi connectivity index (χ1) is 9.76. The lowest BCUT2D eigenvalue weighted by molar-refractivity contribution is -0.132. The molecule has 0 aliphatic heterocycles. The van der Waals surface area contributed by atoms with Crippen molar-refractivity contribution in [1.82, 2.24) is 4.90 Å². The van der Waals surface area contributed by atoms with E-state index in [0.29, 0.717) is 18.9 Å². The van der Waals surface area contributed by atoms with Crippen LogP contribution < -0.4 is 10.5 Å². The van der Waals surface area contributed by atoms with Crippen LogP contribution in [-0.4, -0.2) is 31.0 Å². The molecule has 0 saturated heterocycles. The highest BCUT2D eigenvalue weighted by Gasteiger charge is 2.19. The number of hydrogen-bond acceptors (Lipinski definition) is 3. The van der Waals surface area contributed by atoms with Gasteiger partial charge >= 0.3 is 0 Å². The number of aryl methyl sites for hydroxylation is 2. The van der Waals surface area contributed by atoms with Crippen molar-refractivity contribution < 1.29 is 9.53 Å². The number of likely N-dealkylation sites (N-methyl/N-ethyl adjacent to an activating group) is 1. The normalized spacial score (nSPS) is 11.8. The molecule has 1 rings (SSSR count). The Morgan fingerprint density at radius 3 is 2.18 bits per heavy atom. The van der Waals surface area contributed by atoms with Crippen LogP contribution >= 0.6 is 12.4 Å². The number of rotatable bonds is 6. The Balaban J connectivity index is 0.00000441. The van der Waals surface area contributed by atoms with Crippen LogP contribution in [0.5, 0.6) is 5.75 Å². The summed E-state index contributed by atoms with van der Waals surface area (Å²) in [6.45, 7) is 8.74. The molecule has 5 heteroatoms. The van der Waals surface area contributed by atoms with Gasteiger partial charge in [-0.15, -0.1) is 12.4 Å². The standard InChI is InChI=1S/C17H28N2O2.ClH/c1-11(2)7-15(18)17(20)19(5)10-14-8-12(3)16(21-6)13(4)9-14;/h8-9,11,15H,7,10,18H2,1-6H3;1H/t15-;/m0./s1. The topological polar surface area (TPSA) is 55.6 Å². The molecule has 22 heavy (non-hydrogen) atoms. The first-order valence-electron chi connectivity index (χ1n) is 7.41. The van der Waals surface area contributed by atoms with Crippen LogP contribution in [0.1, 0.15) is 37.0 Å². The predicted octanol–water partition coefficient (Wildman–Crippen LogP) is 3.07. The maximum Gasteiger partial charge on any atom is 0.239 e. The molecule has 0 aliphatic rings. The molecule has 0 aliphatic carbocycles. The summed E-state index contributed by atoms with van der Waals surface area (Å²) in [7, 11) is 3.48. The zero-order valence-electron chi connectivity index (χ0n) is 14.5. The fourth-order valence-electron chi connectivity index (χ4n) is 2.70. The van der Waals surface area contributed by atoms with E-state index in [1.54, 1.807) is 19.1 Å². The molecule has 0 radical (unpaired) electrons. The average molecular weight is 329 g/mol. The molecule has 0 saturated carbocycles. The Labute approximate surface area is 140 Å². The van der Waals surface area contributed by atoms with Crippen molar-refractivity contribution in [3.05, 3.63) is 28.8 Å². The lowest BCUT2D eigenvalue weighted by Crippen LogP contribution is -2.42. The number of hydrogen-bond donors (Lipinski definition) is 1. The molecule has 1 aromatic carbocycles. The summed E-state index contributed by atoms with van der Waals surface area (Å²) in [4.78, 5) is 14.0. The average Bonchev–Trinajstić information content (AvgIpc) is 2.36. The van der Waals surface area contributed by atoms with Crippen molar-refractivity contribution in [2.75, 3.05) is 14.2 Å². The molecule has 0 unspecified atom stereocenters. The summed E-state index contributed by atoms with van der Waals surface area (Å²) < 4.78 is 5.36. The highest BCUT2D eigenvalue weighted by atomic mass is 35.5. The third-order valence-corrected chi connectivity index (χ3v) is 3.56. The van der Waals surface area contributed by atoms with E-state index in [4.69, 9.17) is 10.5 Å². The highest BCUT2D eigenvalue weighted by Crippen LogP contribution is 2.24. The number of amides is 1. The lowest BCUT2D eigenvalue weighted by Gasteiger charge is -2.23. The van der Waals surface area contributed by atoms with Crippen LogP contribution in [0.25, 0.3) is 0 Å². The van der Waals surface area contributed by atoms with Crippen molar-refractivity contribution in [1.29, 1.82) is 0 Å². The van der Waals surface area contributed by atoms with E-state index in [1.807, 2.05) is 13.8 Å². The van der Waals surface area contributed by atoms with Crippen molar-refractivity contribution in [3.63, 3.8) is 0 Å². The van der Waals surface area contributed by atoms with E-state index in [0.717, 1.165) is 22.4 Å². The molecule has 2 N–H and O–H groups in total. The number of nitrogens with zero attached hydrogens (tertiary/aromatic N) is 1. The summed E-state index contributed by atoms with van der Waals surface area (Å²) in [6.07, 6.45) is 0.712. The minimum absolute atomic E-state index is 0. The van der Waals surface area contributed by atoms with Crippen LogP contribution in [0.3, 0.4) is 0 Å². The molecule has 4 nitrogen and oxygen atoms in total. The van der Waals surface area contributed by atoms with Gasteiger partial charge in [-0.2, -0.15) is 0 Å². The summed E-state index contributed by atoms with van der Waals surface area (Å²) in [5.74, 6) is 1.32. The number of carbonyl (C=O) groups excluding carboxylic acids is 1. The third-order valence-electron chi connectivity index (χ3n) is 3.56. The summed E-state index contributed by atoms with van der Waals surface area (Å²) in [6, 6.07) is 3.70. The summed E-state index contributed by atoms with van der Waals surface area (Å²) >= 11 is 0. The smallest absolute Gasteiger partial charge is 0.239 e. The number of carbonyl (C=O) groups is 1. The first kappa shape index (κ1) is 20.7. The SMILES string of the molecule is COc1c(C)cc(CN(C)C(=O)[C@@H](N)CC(C)C)cc1C.Cl. The second-order valence-electron chi connectivity index (χ2n) is 6.19. The Morgan fingerprint density at radius 2 is 1.77 bits per heavy atom. The van der Waals surface area contributed by atoms with Crippen molar-refractivity contribution in [2.24, 2.45) is 11.7 Å².